The predicted molar refractivity (Wildman–Crippen MR) is 85.7 cm³/mol. The molecular weight excluding hydrogens is 317 g/mol. The largest absolute Gasteiger partial charge is 0.397 e. The Morgan fingerprint density at radius 2 is 1.80 bits per heavy atom. The number of rotatable bonds is 1. The van der Waals surface area contributed by atoms with Gasteiger partial charge >= 0.3 is 0 Å². The van der Waals surface area contributed by atoms with Gasteiger partial charge in [0.15, 0.2) is 0 Å². The van der Waals surface area contributed by atoms with Crippen molar-refractivity contribution in [1.29, 1.82) is 0 Å². The first-order valence-electron chi connectivity index (χ1n) is 5.86. The smallest absolute Gasteiger partial charge is 0.140 e. The molecule has 3 nitrogen and oxygen atoms in total. The topological polar surface area (TPSA) is 54.7 Å². The van der Waals surface area contributed by atoms with E-state index in [2.05, 4.69) is 9.97 Å². The molecule has 0 aliphatic rings. The molecule has 0 spiro atoms. The number of imidazole rings is 1. The summed E-state index contributed by atoms with van der Waals surface area (Å²) in [6, 6.07) is 7.09. The van der Waals surface area contributed by atoms with E-state index < -0.39 is 0 Å². The number of hydrogen-bond acceptors (Lipinski definition) is 2. The fraction of sp³-hybridized carbons (Fsp3) is 0.0714. The number of H-pyrrole nitrogens is 1. The van der Waals surface area contributed by atoms with Crippen molar-refractivity contribution in [1.82, 2.24) is 9.97 Å². The Morgan fingerprint density at radius 3 is 2.55 bits per heavy atom. The number of hydrogen-bond donors (Lipinski definition) is 2. The first kappa shape index (κ1) is 13.6. The number of fused-ring (bicyclic) bond motifs is 1. The predicted octanol–water partition coefficient (Wildman–Crippen LogP) is 5.08. The summed E-state index contributed by atoms with van der Waals surface area (Å²) in [5, 5.41) is 1.59. The molecule has 20 heavy (non-hydrogen) atoms. The first-order chi connectivity index (χ1) is 9.45. The van der Waals surface area contributed by atoms with Gasteiger partial charge < -0.3 is 10.7 Å². The van der Waals surface area contributed by atoms with Gasteiger partial charge in [0.25, 0.3) is 0 Å². The van der Waals surface area contributed by atoms with Gasteiger partial charge in [-0.3, -0.25) is 0 Å². The van der Waals surface area contributed by atoms with E-state index in [1.165, 1.54) is 0 Å². The number of nitrogens with zero attached hydrogens (tertiary/aromatic N) is 1. The van der Waals surface area contributed by atoms with E-state index in [1.54, 1.807) is 12.1 Å². The second-order valence-corrected chi connectivity index (χ2v) is 5.80. The standard InChI is InChI=1S/C14H10Cl3N3/c1-6-2-11-12(5-9(6)16)20-14(19-11)8-3-7(15)4-10(17)13(8)18/h2-5H,18H2,1H3,(H,19,20). The molecule has 3 N–H and O–H groups in total. The summed E-state index contributed by atoms with van der Waals surface area (Å²) in [6.45, 7) is 1.94. The van der Waals surface area contributed by atoms with Gasteiger partial charge in [0.2, 0.25) is 0 Å². The van der Waals surface area contributed by atoms with E-state index in [9.17, 15) is 0 Å². The van der Waals surface area contributed by atoms with Gasteiger partial charge in [-0.1, -0.05) is 34.8 Å². The number of aryl methyl sites for hydroxylation is 1. The van der Waals surface area contributed by atoms with Gasteiger partial charge in [-0.15, -0.1) is 0 Å². The van der Waals surface area contributed by atoms with Crippen LogP contribution in [0, 0.1) is 6.92 Å². The molecule has 102 valence electrons. The molecule has 1 aromatic heterocycles. The van der Waals surface area contributed by atoms with Gasteiger partial charge in [0, 0.05) is 15.6 Å². The fourth-order valence-electron chi connectivity index (χ4n) is 2.05. The van der Waals surface area contributed by atoms with Crippen molar-refractivity contribution < 1.29 is 0 Å². The average molecular weight is 327 g/mol. The highest BCUT2D eigenvalue weighted by Crippen LogP contribution is 2.34. The molecule has 0 atom stereocenters. The number of anilines is 1. The van der Waals surface area contributed by atoms with Crippen LogP contribution in [0.3, 0.4) is 0 Å². The van der Waals surface area contributed by atoms with Crippen LogP contribution in [0.15, 0.2) is 24.3 Å². The zero-order chi connectivity index (χ0) is 14.4. The number of nitrogens with one attached hydrogen (secondary N) is 1. The molecule has 0 aliphatic heterocycles. The maximum atomic E-state index is 6.10. The Labute approximate surface area is 130 Å². The highest BCUT2D eigenvalue weighted by atomic mass is 35.5. The second kappa shape index (κ2) is 4.85. The molecule has 0 saturated heterocycles. The van der Waals surface area contributed by atoms with E-state index in [1.807, 2.05) is 19.1 Å². The fourth-order valence-corrected chi connectivity index (χ4v) is 2.70. The Kier molecular flexibility index (Phi) is 3.28. The monoisotopic (exact) mass is 325 g/mol. The molecular formula is C14H10Cl3N3. The van der Waals surface area contributed by atoms with Gasteiger partial charge in [0.1, 0.15) is 5.82 Å². The number of nitrogen functional groups attached to an aromatic ring is 1. The summed E-state index contributed by atoms with van der Waals surface area (Å²) in [5.41, 5.74) is 9.74. The minimum Gasteiger partial charge on any atom is -0.397 e. The highest BCUT2D eigenvalue weighted by molar-refractivity contribution is 6.37. The van der Waals surface area contributed by atoms with Crippen LogP contribution < -0.4 is 5.73 Å². The van der Waals surface area contributed by atoms with Crippen molar-refractivity contribution >= 4 is 51.5 Å². The van der Waals surface area contributed by atoms with Crippen molar-refractivity contribution in [3.63, 3.8) is 0 Å². The summed E-state index contributed by atoms with van der Waals surface area (Å²) in [7, 11) is 0. The summed E-state index contributed by atoms with van der Waals surface area (Å²) in [6.07, 6.45) is 0. The Hall–Kier alpha value is -1.42. The molecule has 0 unspecified atom stereocenters. The number of aromatic amines is 1. The first-order valence-corrected chi connectivity index (χ1v) is 7.00. The van der Waals surface area contributed by atoms with Gasteiger partial charge in [-0.2, -0.15) is 0 Å². The van der Waals surface area contributed by atoms with Crippen LogP contribution in [0.4, 0.5) is 5.69 Å². The minimum atomic E-state index is 0.405. The molecule has 3 aromatic rings. The van der Waals surface area contributed by atoms with Crippen LogP contribution in [0.5, 0.6) is 0 Å². The third kappa shape index (κ3) is 2.22. The molecule has 3 rings (SSSR count). The zero-order valence-corrected chi connectivity index (χ0v) is 12.7. The number of halogens is 3. The third-order valence-electron chi connectivity index (χ3n) is 3.11. The van der Waals surface area contributed by atoms with Gasteiger partial charge in [-0.05, 0) is 36.8 Å². The van der Waals surface area contributed by atoms with Crippen LogP contribution in [0.2, 0.25) is 15.1 Å². The third-order valence-corrected chi connectivity index (χ3v) is 4.05. The maximum absolute atomic E-state index is 6.10. The number of aromatic nitrogens is 2. The minimum absolute atomic E-state index is 0.405. The molecule has 0 radical (unpaired) electrons. The van der Waals surface area contributed by atoms with Crippen LogP contribution >= 0.6 is 34.8 Å². The molecule has 0 fully saturated rings. The summed E-state index contributed by atoms with van der Waals surface area (Å²) < 4.78 is 0. The van der Waals surface area contributed by atoms with Crippen molar-refractivity contribution in [2.24, 2.45) is 0 Å². The maximum Gasteiger partial charge on any atom is 0.140 e. The lowest BCUT2D eigenvalue weighted by atomic mass is 10.1. The Bertz CT molecular complexity index is 785. The highest BCUT2D eigenvalue weighted by Gasteiger charge is 2.13. The van der Waals surface area contributed by atoms with Gasteiger partial charge in [-0.25, -0.2) is 4.98 Å². The van der Waals surface area contributed by atoms with E-state index in [0.717, 1.165) is 16.6 Å². The zero-order valence-electron chi connectivity index (χ0n) is 10.5. The van der Waals surface area contributed by atoms with E-state index in [-0.39, 0.29) is 0 Å². The van der Waals surface area contributed by atoms with Gasteiger partial charge in [0.05, 0.1) is 21.7 Å². The SMILES string of the molecule is Cc1cc2[nH]c(-c3cc(Cl)cc(Cl)c3N)nc2cc1Cl. The molecule has 0 saturated carbocycles. The summed E-state index contributed by atoms with van der Waals surface area (Å²) >= 11 is 18.2. The number of nitrogens with two attached hydrogens (primary N) is 1. The summed E-state index contributed by atoms with van der Waals surface area (Å²) in [4.78, 5) is 7.70. The van der Waals surface area contributed by atoms with Crippen LogP contribution in [-0.2, 0) is 0 Å². The van der Waals surface area contributed by atoms with Crippen LogP contribution in [0.25, 0.3) is 22.4 Å². The molecule has 6 heteroatoms. The van der Waals surface area contributed by atoms with Crippen molar-refractivity contribution in [2.75, 3.05) is 5.73 Å². The van der Waals surface area contributed by atoms with Crippen molar-refractivity contribution in [3.05, 3.63) is 44.9 Å². The molecule has 0 amide bonds. The lowest BCUT2D eigenvalue weighted by molar-refractivity contribution is 1.34. The Balaban J connectivity index is 2.25. The van der Waals surface area contributed by atoms with Crippen molar-refractivity contribution in [2.45, 2.75) is 6.92 Å². The van der Waals surface area contributed by atoms with Crippen LogP contribution in [-0.4, -0.2) is 9.97 Å². The lowest BCUT2D eigenvalue weighted by Gasteiger charge is -2.05. The number of benzene rings is 2. The molecule has 2 aromatic carbocycles. The lowest BCUT2D eigenvalue weighted by Crippen LogP contribution is -1.92. The summed E-state index contributed by atoms with van der Waals surface area (Å²) in [5.74, 6) is 0.614. The molecule has 0 aliphatic carbocycles. The van der Waals surface area contributed by atoms with E-state index in [0.29, 0.717) is 32.1 Å². The van der Waals surface area contributed by atoms with E-state index >= 15 is 0 Å². The average Bonchev–Trinajstić information content (AvgIpc) is 2.77. The molecule has 0 bridgehead atoms. The van der Waals surface area contributed by atoms with Crippen LogP contribution in [0.1, 0.15) is 5.56 Å². The van der Waals surface area contributed by atoms with Crippen molar-refractivity contribution in [3.8, 4) is 11.4 Å². The van der Waals surface area contributed by atoms with E-state index in [4.69, 9.17) is 40.5 Å². The Morgan fingerprint density at radius 1 is 1.05 bits per heavy atom. The normalized spacial score (nSPS) is 11.2. The molecule has 1 heterocycles. The quantitative estimate of drug-likeness (QED) is 0.613. The second-order valence-electron chi connectivity index (χ2n) is 4.55.